The Morgan fingerprint density at radius 1 is 1.05 bits per heavy atom. The van der Waals surface area contributed by atoms with Crippen LogP contribution >= 0.6 is 0 Å². The van der Waals surface area contributed by atoms with Crippen LogP contribution in [-0.2, 0) is 4.79 Å². The minimum Gasteiger partial charge on any atom is -0.300 e. The normalized spacial score (nSPS) is 29.8. The summed E-state index contributed by atoms with van der Waals surface area (Å²) < 4.78 is 0. The average molecular weight is 267 g/mol. The van der Waals surface area contributed by atoms with E-state index in [1.165, 1.54) is 38.5 Å². The number of carbonyl (C=O) groups is 1. The van der Waals surface area contributed by atoms with Gasteiger partial charge >= 0.3 is 0 Å². The molecule has 2 atom stereocenters. The van der Waals surface area contributed by atoms with Crippen molar-refractivity contribution in [3.63, 3.8) is 0 Å². The molecule has 0 aromatic heterocycles. The van der Waals surface area contributed by atoms with E-state index in [0.29, 0.717) is 17.9 Å². The Morgan fingerprint density at radius 3 is 2.21 bits per heavy atom. The van der Waals surface area contributed by atoms with Gasteiger partial charge in [-0.3, -0.25) is 9.69 Å². The molecule has 1 aliphatic carbocycles. The quantitative estimate of drug-likeness (QED) is 0.754. The number of likely N-dealkylation sites (tertiary alicyclic amines) is 1. The van der Waals surface area contributed by atoms with Crippen LogP contribution in [0.3, 0.4) is 0 Å². The van der Waals surface area contributed by atoms with Crippen LogP contribution in [0.15, 0.2) is 0 Å². The van der Waals surface area contributed by atoms with E-state index in [9.17, 15) is 4.79 Å². The number of nitrogens with zero attached hydrogens (tertiary/aromatic N) is 1. The van der Waals surface area contributed by atoms with E-state index >= 15 is 0 Å². The van der Waals surface area contributed by atoms with Crippen molar-refractivity contribution in [1.82, 2.24) is 4.90 Å². The summed E-state index contributed by atoms with van der Waals surface area (Å²) in [4.78, 5) is 14.3. The van der Waals surface area contributed by atoms with Gasteiger partial charge in [-0.1, -0.05) is 52.9 Å². The van der Waals surface area contributed by atoms with Crippen LogP contribution in [0.4, 0.5) is 0 Å². The van der Waals surface area contributed by atoms with Gasteiger partial charge in [-0.05, 0) is 25.8 Å². The van der Waals surface area contributed by atoms with E-state index in [2.05, 4.69) is 18.9 Å². The number of rotatable bonds is 3. The van der Waals surface area contributed by atoms with Crippen molar-refractivity contribution in [3.05, 3.63) is 0 Å². The molecule has 0 aromatic rings. The molecule has 0 spiro atoms. The highest BCUT2D eigenvalue weighted by Crippen LogP contribution is 2.32. The highest BCUT2D eigenvalue weighted by Gasteiger charge is 2.32. The monoisotopic (exact) mass is 267 g/mol. The van der Waals surface area contributed by atoms with Crippen molar-refractivity contribution in [2.24, 2.45) is 5.92 Å². The Labute approximate surface area is 119 Å². The molecule has 19 heavy (non-hydrogen) atoms. The molecule has 0 N–H and O–H groups in total. The van der Waals surface area contributed by atoms with Crippen LogP contribution in [0.25, 0.3) is 0 Å². The highest BCUT2D eigenvalue weighted by molar-refractivity contribution is 5.80. The largest absolute Gasteiger partial charge is 0.300 e. The first-order chi connectivity index (χ1) is 9.20. The van der Waals surface area contributed by atoms with Crippen molar-refractivity contribution < 1.29 is 4.79 Å². The first-order valence-electron chi connectivity index (χ1n) is 8.44. The summed E-state index contributed by atoms with van der Waals surface area (Å²) in [5, 5.41) is 0. The lowest BCUT2D eigenvalue weighted by Gasteiger charge is -2.40. The smallest absolute Gasteiger partial charge is 0.136 e. The summed E-state index contributed by atoms with van der Waals surface area (Å²) in [5.74, 6) is 1.38. The van der Waals surface area contributed by atoms with E-state index in [4.69, 9.17) is 0 Å². The molecular formula is C17H33NO. The molecule has 1 saturated carbocycles. The maximum absolute atomic E-state index is 11.8. The Bertz CT molecular complexity index is 258. The Kier molecular flexibility index (Phi) is 7.67. The van der Waals surface area contributed by atoms with Crippen LogP contribution < -0.4 is 0 Å². The van der Waals surface area contributed by atoms with E-state index in [0.717, 1.165) is 25.2 Å². The van der Waals surface area contributed by atoms with Gasteiger partial charge in [0.25, 0.3) is 0 Å². The molecule has 1 aliphatic heterocycles. The Hall–Kier alpha value is -0.370. The van der Waals surface area contributed by atoms with E-state index < -0.39 is 0 Å². The number of piperidine rings is 1. The molecule has 2 aliphatic rings. The van der Waals surface area contributed by atoms with Crippen LogP contribution in [0.2, 0.25) is 0 Å². The first-order valence-corrected chi connectivity index (χ1v) is 8.44. The molecule has 2 unspecified atom stereocenters. The van der Waals surface area contributed by atoms with Crippen LogP contribution in [-0.4, -0.2) is 29.8 Å². The lowest BCUT2D eigenvalue weighted by atomic mass is 9.81. The second kappa shape index (κ2) is 8.73. The molecular weight excluding hydrogens is 234 g/mol. The minimum absolute atomic E-state index is 0.496. The van der Waals surface area contributed by atoms with Gasteiger partial charge in [-0.2, -0.15) is 0 Å². The molecule has 2 fully saturated rings. The second-order valence-corrected chi connectivity index (χ2v) is 6.07. The number of hydrogen-bond donors (Lipinski definition) is 0. The van der Waals surface area contributed by atoms with Gasteiger partial charge in [-0.25, -0.2) is 0 Å². The third kappa shape index (κ3) is 4.91. The molecule has 2 heteroatoms. The number of Topliss-reactive ketones (excluding diaryl/α,β-unsaturated/α-hetero) is 1. The lowest BCUT2D eigenvalue weighted by Crippen LogP contribution is -2.47. The fourth-order valence-corrected chi connectivity index (χ4v) is 3.68. The molecule has 1 saturated heterocycles. The maximum atomic E-state index is 11.8. The van der Waals surface area contributed by atoms with Crippen LogP contribution in [0.1, 0.15) is 78.6 Å². The molecule has 0 aromatic carbocycles. The topological polar surface area (TPSA) is 20.3 Å². The Balaban J connectivity index is 0.000000861. The van der Waals surface area contributed by atoms with Gasteiger partial charge in [-0.15, -0.1) is 0 Å². The number of carbonyl (C=O) groups excluding carboxylic acids is 1. The summed E-state index contributed by atoms with van der Waals surface area (Å²) in [5.41, 5.74) is 0. The van der Waals surface area contributed by atoms with Crippen LogP contribution in [0.5, 0.6) is 0 Å². The fourth-order valence-electron chi connectivity index (χ4n) is 3.68. The predicted octanol–water partition coefficient (Wildman–Crippen LogP) is 4.42. The molecule has 2 nitrogen and oxygen atoms in total. The van der Waals surface area contributed by atoms with Crippen molar-refractivity contribution in [1.29, 1.82) is 0 Å². The van der Waals surface area contributed by atoms with Crippen LogP contribution in [0, 0.1) is 5.92 Å². The van der Waals surface area contributed by atoms with Gasteiger partial charge in [0.1, 0.15) is 5.78 Å². The van der Waals surface area contributed by atoms with Gasteiger partial charge in [0.15, 0.2) is 0 Å². The van der Waals surface area contributed by atoms with Gasteiger partial charge in [0, 0.05) is 24.9 Å². The van der Waals surface area contributed by atoms with Crippen molar-refractivity contribution in [2.75, 3.05) is 7.05 Å². The van der Waals surface area contributed by atoms with E-state index in [-0.39, 0.29) is 0 Å². The van der Waals surface area contributed by atoms with Gasteiger partial charge in [0.05, 0.1) is 0 Å². The van der Waals surface area contributed by atoms with Crippen molar-refractivity contribution in [3.8, 4) is 0 Å². The first kappa shape index (κ1) is 16.7. The maximum Gasteiger partial charge on any atom is 0.136 e. The van der Waals surface area contributed by atoms with Crippen molar-refractivity contribution >= 4 is 5.78 Å². The molecule has 112 valence electrons. The zero-order chi connectivity index (χ0) is 14.3. The summed E-state index contributed by atoms with van der Waals surface area (Å²) in [6.45, 7) is 6.21. The lowest BCUT2D eigenvalue weighted by molar-refractivity contribution is -0.125. The predicted molar refractivity (Wildman–Crippen MR) is 82.4 cm³/mol. The molecule has 0 radical (unpaired) electrons. The van der Waals surface area contributed by atoms with Crippen molar-refractivity contribution in [2.45, 2.75) is 90.6 Å². The van der Waals surface area contributed by atoms with Gasteiger partial charge < -0.3 is 0 Å². The standard InChI is InChI=1S/C15H27NO.C2H6/c1-3-13-10-15(17)11-14(16(13)2)9-12-7-5-4-6-8-12;1-2/h12-14H,3-11H2,1-2H3;1-2H3. The minimum atomic E-state index is 0.496. The zero-order valence-corrected chi connectivity index (χ0v) is 13.5. The molecule has 0 amide bonds. The summed E-state index contributed by atoms with van der Waals surface area (Å²) >= 11 is 0. The van der Waals surface area contributed by atoms with E-state index in [1.54, 1.807) is 0 Å². The van der Waals surface area contributed by atoms with E-state index in [1.807, 2.05) is 13.8 Å². The number of hydrogen-bond acceptors (Lipinski definition) is 2. The molecule has 1 heterocycles. The molecule has 0 bridgehead atoms. The number of ketones is 1. The molecule has 2 rings (SSSR count). The zero-order valence-electron chi connectivity index (χ0n) is 13.5. The highest BCUT2D eigenvalue weighted by atomic mass is 16.1. The summed E-state index contributed by atoms with van der Waals surface area (Å²) in [7, 11) is 2.23. The second-order valence-electron chi connectivity index (χ2n) is 6.07. The Morgan fingerprint density at radius 2 is 1.63 bits per heavy atom. The van der Waals surface area contributed by atoms with Gasteiger partial charge in [0.2, 0.25) is 0 Å². The third-order valence-electron chi connectivity index (χ3n) is 4.88. The fraction of sp³-hybridized carbons (Fsp3) is 0.941. The third-order valence-corrected chi connectivity index (χ3v) is 4.88. The SMILES string of the molecule is CC.CCC1CC(=O)CC(CC2CCCCC2)N1C. The summed E-state index contributed by atoms with van der Waals surface area (Å²) in [6, 6.07) is 1.04. The average Bonchev–Trinajstić information content (AvgIpc) is 2.46. The summed E-state index contributed by atoms with van der Waals surface area (Å²) in [6.07, 6.45) is 11.0.